The molecular formula is C11H14N4. The second-order valence-electron chi connectivity index (χ2n) is 4.86. The number of hydrogen-bond donors (Lipinski definition) is 0. The Morgan fingerprint density at radius 2 is 2.20 bits per heavy atom. The van der Waals surface area contributed by atoms with Gasteiger partial charge in [0.25, 0.3) is 0 Å². The zero-order valence-electron chi connectivity index (χ0n) is 8.90. The van der Waals surface area contributed by atoms with Gasteiger partial charge < -0.3 is 4.90 Å². The Hall–Kier alpha value is -1.50. The van der Waals surface area contributed by atoms with Gasteiger partial charge in [0.15, 0.2) is 5.82 Å². The molecule has 0 N–H and O–H groups in total. The van der Waals surface area contributed by atoms with E-state index in [2.05, 4.69) is 16.1 Å². The van der Waals surface area contributed by atoms with Crippen LogP contribution in [0, 0.1) is 16.7 Å². The fraction of sp³-hybridized carbons (Fsp3) is 0.636. The van der Waals surface area contributed by atoms with E-state index in [1.54, 1.807) is 10.9 Å². The molecule has 1 aliphatic carbocycles. The first-order valence-corrected chi connectivity index (χ1v) is 5.41. The fourth-order valence-electron chi connectivity index (χ4n) is 2.70. The van der Waals surface area contributed by atoms with Gasteiger partial charge in [0, 0.05) is 31.7 Å². The first kappa shape index (κ1) is 8.78. The standard InChI is InChI=1S/C11H14N4/c1-14-6-9(5-12)10(13-14)15-7-11(8-15)3-2-4-11/h6H,2-4,7-8H2,1H3. The van der Waals surface area contributed by atoms with E-state index in [1.165, 1.54) is 19.3 Å². The zero-order chi connectivity index (χ0) is 10.5. The highest BCUT2D eigenvalue weighted by Gasteiger charge is 2.48. The van der Waals surface area contributed by atoms with E-state index < -0.39 is 0 Å². The first-order chi connectivity index (χ1) is 7.22. The summed E-state index contributed by atoms with van der Waals surface area (Å²) < 4.78 is 1.72. The van der Waals surface area contributed by atoms with Crippen LogP contribution in [-0.2, 0) is 7.05 Å². The summed E-state index contributed by atoms with van der Waals surface area (Å²) in [5, 5.41) is 13.3. The van der Waals surface area contributed by atoms with Crippen LogP contribution in [0.25, 0.3) is 0 Å². The molecule has 0 atom stereocenters. The van der Waals surface area contributed by atoms with Crippen molar-refractivity contribution in [3.05, 3.63) is 11.8 Å². The molecule has 3 rings (SSSR count). The van der Waals surface area contributed by atoms with E-state index in [9.17, 15) is 0 Å². The first-order valence-electron chi connectivity index (χ1n) is 5.41. The molecule has 0 unspecified atom stereocenters. The van der Waals surface area contributed by atoms with E-state index in [1.807, 2.05) is 7.05 Å². The number of nitriles is 1. The van der Waals surface area contributed by atoms with Crippen molar-refractivity contribution in [1.29, 1.82) is 5.26 Å². The van der Waals surface area contributed by atoms with Crippen LogP contribution in [0.15, 0.2) is 6.20 Å². The number of aryl methyl sites for hydroxylation is 1. The van der Waals surface area contributed by atoms with Crippen molar-refractivity contribution in [3.8, 4) is 6.07 Å². The highest BCUT2D eigenvalue weighted by Crippen LogP contribution is 2.49. The minimum absolute atomic E-state index is 0.588. The molecule has 1 spiro atoms. The molecule has 1 aliphatic heterocycles. The van der Waals surface area contributed by atoms with Crippen molar-refractivity contribution in [3.63, 3.8) is 0 Å². The molecule has 78 valence electrons. The number of anilines is 1. The van der Waals surface area contributed by atoms with E-state index in [-0.39, 0.29) is 0 Å². The van der Waals surface area contributed by atoms with Gasteiger partial charge in [-0.3, -0.25) is 4.68 Å². The topological polar surface area (TPSA) is 44.9 Å². The smallest absolute Gasteiger partial charge is 0.168 e. The molecule has 1 saturated heterocycles. The Kier molecular flexibility index (Phi) is 1.61. The van der Waals surface area contributed by atoms with Gasteiger partial charge in [0.2, 0.25) is 0 Å². The van der Waals surface area contributed by atoms with E-state index in [0.29, 0.717) is 11.0 Å². The maximum atomic E-state index is 8.97. The lowest BCUT2D eigenvalue weighted by Crippen LogP contribution is -2.60. The van der Waals surface area contributed by atoms with Crippen molar-refractivity contribution in [2.75, 3.05) is 18.0 Å². The molecule has 4 nitrogen and oxygen atoms in total. The quantitative estimate of drug-likeness (QED) is 0.689. The Balaban J connectivity index is 1.80. The van der Waals surface area contributed by atoms with Crippen molar-refractivity contribution in [1.82, 2.24) is 9.78 Å². The van der Waals surface area contributed by atoms with Crippen molar-refractivity contribution in [2.24, 2.45) is 12.5 Å². The third kappa shape index (κ3) is 1.16. The Morgan fingerprint density at radius 3 is 2.73 bits per heavy atom. The molecule has 2 aliphatic rings. The van der Waals surface area contributed by atoms with Gasteiger partial charge in [-0.15, -0.1) is 0 Å². The average Bonchev–Trinajstić information content (AvgIpc) is 2.42. The molecule has 0 bridgehead atoms. The van der Waals surface area contributed by atoms with Gasteiger partial charge >= 0.3 is 0 Å². The van der Waals surface area contributed by atoms with Crippen LogP contribution in [0.3, 0.4) is 0 Å². The van der Waals surface area contributed by atoms with Crippen molar-refractivity contribution >= 4 is 5.82 Å². The molecule has 4 heteroatoms. The van der Waals surface area contributed by atoms with Gasteiger partial charge in [-0.25, -0.2) is 0 Å². The molecular weight excluding hydrogens is 188 g/mol. The summed E-state index contributed by atoms with van der Waals surface area (Å²) in [6.45, 7) is 2.19. The van der Waals surface area contributed by atoms with Crippen LogP contribution in [-0.4, -0.2) is 22.9 Å². The normalized spacial score (nSPS) is 22.0. The van der Waals surface area contributed by atoms with Crippen LogP contribution in [0.1, 0.15) is 24.8 Å². The minimum atomic E-state index is 0.588. The zero-order valence-corrected chi connectivity index (χ0v) is 8.90. The molecule has 1 aromatic rings. The van der Waals surface area contributed by atoms with E-state index >= 15 is 0 Å². The number of aromatic nitrogens is 2. The van der Waals surface area contributed by atoms with Gasteiger partial charge in [-0.2, -0.15) is 10.4 Å². The van der Waals surface area contributed by atoms with E-state index in [0.717, 1.165) is 18.9 Å². The fourth-order valence-corrected chi connectivity index (χ4v) is 2.70. The highest BCUT2D eigenvalue weighted by molar-refractivity contribution is 5.55. The van der Waals surface area contributed by atoms with Crippen molar-refractivity contribution in [2.45, 2.75) is 19.3 Å². The summed E-state index contributed by atoms with van der Waals surface area (Å²) in [7, 11) is 1.86. The number of nitrogens with zero attached hydrogens (tertiary/aromatic N) is 4. The molecule has 1 saturated carbocycles. The van der Waals surface area contributed by atoms with Crippen LogP contribution < -0.4 is 4.90 Å². The largest absolute Gasteiger partial charge is 0.353 e. The van der Waals surface area contributed by atoms with E-state index in [4.69, 9.17) is 5.26 Å². The predicted molar refractivity (Wildman–Crippen MR) is 56.4 cm³/mol. The van der Waals surface area contributed by atoms with Crippen LogP contribution >= 0.6 is 0 Å². The molecule has 1 aromatic heterocycles. The van der Waals surface area contributed by atoms with Crippen LogP contribution in [0.2, 0.25) is 0 Å². The number of hydrogen-bond acceptors (Lipinski definition) is 3. The third-order valence-corrected chi connectivity index (χ3v) is 3.70. The summed E-state index contributed by atoms with van der Waals surface area (Å²) >= 11 is 0. The summed E-state index contributed by atoms with van der Waals surface area (Å²) in [5.41, 5.74) is 1.29. The maximum absolute atomic E-state index is 8.97. The predicted octanol–water partition coefficient (Wildman–Crippen LogP) is 1.28. The Bertz CT molecular complexity index is 428. The Morgan fingerprint density at radius 1 is 1.47 bits per heavy atom. The second kappa shape index (κ2) is 2.75. The lowest BCUT2D eigenvalue weighted by Gasteiger charge is -2.56. The molecule has 2 fully saturated rings. The maximum Gasteiger partial charge on any atom is 0.168 e. The molecule has 2 heterocycles. The lowest BCUT2D eigenvalue weighted by molar-refractivity contribution is 0.0895. The third-order valence-electron chi connectivity index (χ3n) is 3.70. The molecule has 15 heavy (non-hydrogen) atoms. The summed E-state index contributed by atoms with van der Waals surface area (Å²) in [4.78, 5) is 2.23. The van der Waals surface area contributed by atoms with Crippen molar-refractivity contribution < 1.29 is 0 Å². The van der Waals surface area contributed by atoms with Crippen LogP contribution in [0.4, 0.5) is 5.82 Å². The monoisotopic (exact) mass is 202 g/mol. The summed E-state index contributed by atoms with van der Waals surface area (Å²) in [5.74, 6) is 0.873. The van der Waals surface area contributed by atoms with Gasteiger partial charge in [-0.05, 0) is 12.8 Å². The molecule has 0 radical (unpaired) electrons. The summed E-state index contributed by atoms with van der Waals surface area (Å²) in [6, 6.07) is 2.20. The van der Waals surface area contributed by atoms with Crippen LogP contribution in [0.5, 0.6) is 0 Å². The lowest BCUT2D eigenvalue weighted by atomic mass is 9.63. The molecule has 0 aromatic carbocycles. The second-order valence-corrected chi connectivity index (χ2v) is 4.86. The summed E-state index contributed by atoms with van der Waals surface area (Å²) in [6.07, 6.45) is 5.89. The minimum Gasteiger partial charge on any atom is -0.353 e. The molecule has 0 amide bonds. The highest BCUT2D eigenvalue weighted by atomic mass is 15.4. The van der Waals surface area contributed by atoms with Gasteiger partial charge in [-0.1, -0.05) is 6.42 Å². The van der Waals surface area contributed by atoms with Gasteiger partial charge in [0.05, 0.1) is 0 Å². The number of rotatable bonds is 1. The van der Waals surface area contributed by atoms with Gasteiger partial charge in [0.1, 0.15) is 11.6 Å². The average molecular weight is 202 g/mol. The SMILES string of the molecule is Cn1cc(C#N)c(N2CC3(CCC3)C2)n1. The Labute approximate surface area is 89.1 Å².